The first-order valence-electron chi connectivity index (χ1n) is 19.0. The van der Waals surface area contributed by atoms with E-state index in [0.29, 0.717) is 22.9 Å². The van der Waals surface area contributed by atoms with E-state index in [0.717, 1.165) is 88.2 Å². The van der Waals surface area contributed by atoms with E-state index in [1.54, 1.807) is 0 Å². The van der Waals surface area contributed by atoms with E-state index >= 15 is 0 Å². The molecular formula is C52H35N3O2. The third-order valence-corrected chi connectivity index (χ3v) is 10.5. The minimum atomic E-state index is 0.505. The Morgan fingerprint density at radius 1 is 0.491 bits per heavy atom. The van der Waals surface area contributed by atoms with Gasteiger partial charge in [0.2, 0.25) is 0 Å². The van der Waals surface area contributed by atoms with Gasteiger partial charge in [-0.25, -0.2) is 15.0 Å². The highest BCUT2D eigenvalue weighted by atomic mass is 16.3. The van der Waals surface area contributed by atoms with Crippen molar-refractivity contribution in [3.63, 3.8) is 0 Å². The molecule has 3 aromatic heterocycles. The zero-order valence-electron chi connectivity index (χ0n) is 31.2. The summed E-state index contributed by atoms with van der Waals surface area (Å²) < 4.78 is 13.2. The van der Waals surface area contributed by atoms with Gasteiger partial charge < -0.3 is 8.83 Å². The smallest absolute Gasteiger partial charge is 0.164 e. The number of para-hydroxylation sites is 1. The maximum atomic E-state index is 6.61. The molecule has 0 spiro atoms. The molecule has 0 aliphatic carbocycles. The predicted molar refractivity (Wildman–Crippen MR) is 233 cm³/mol. The van der Waals surface area contributed by atoms with Gasteiger partial charge in [0.1, 0.15) is 22.2 Å². The molecule has 3 heterocycles. The lowest BCUT2D eigenvalue weighted by molar-refractivity contribution is 0.574. The fourth-order valence-electron chi connectivity index (χ4n) is 7.79. The van der Waals surface area contributed by atoms with Crippen LogP contribution in [0.15, 0.2) is 191 Å². The summed E-state index contributed by atoms with van der Waals surface area (Å²) in [5.74, 6) is 1.65. The molecule has 270 valence electrons. The monoisotopic (exact) mass is 733 g/mol. The minimum absolute atomic E-state index is 0.505. The first-order chi connectivity index (χ1) is 28.2. The zero-order chi connectivity index (χ0) is 38.3. The summed E-state index contributed by atoms with van der Waals surface area (Å²) in [5.41, 5.74) is 12.2. The zero-order valence-corrected chi connectivity index (χ0v) is 31.2. The van der Waals surface area contributed by atoms with Crippen molar-refractivity contribution in [1.29, 1.82) is 0 Å². The van der Waals surface area contributed by atoms with Crippen LogP contribution in [0.3, 0.4) is 0 Å². The van der Waals surface area contributed by atoms with Crippen LogP contribution in [0, 0.1) is 0 Å². The molecule has 0 unspecified atom stereocenters. The van der Waals surface area contributed by atoms with E-state index in [1.807, 2.05) is 104 Å². The standard InChI is InChI=1S/C52H35N3O2/c1-3-39(52-54-50(35-21-12-7-13-22-35)53-51(55-52)38-24-16-23-36(31-38)33-17-8-5-9-18-33)47-43-32-37(27-30-46(43)56-44(47)4-2)40-28-29-41(34-19-10-6-11-20-34)49-48(40)42-25-14-15-26-45(42)57-49/h3-32H,1H2,2H3/b44-4+,47-39+. The molecule has 10 aromatic rings. The van der Waals surface area contributed by atoms with E-state index in [1.165, 1.54) is 0 Å². The lowest BCUT2D eigenvalue weighted by Gasteiger charge is -2.10. The van der Waals surface area contributed by atoms with Crippen LogP contribution in [0.25, 0.3) is 101 Å². The second-order valence-electron chi connectivity index (χ2n) is 13.9. The van der Waals surface area contributed by atoms with Gasteiger partial charge in [-0.15, -0.1) is 0 Å². The summed E-state index contributed by atoms with van der Waals surface area (Å²) in [6.07, 6.45) is 3.81. The SMILES string of the molecule is C=C/C(c1nc(-c2ccccc2)nc(-c2cccc(-c3ccccc3)c2)n1)=c1\c(=C/C)oc2ccc(-c3ccc(-c4ccccc4)c4oc5ccccc5c34)cc12. The molecule has 0 fully saturated rings. The number of nitrogens with zero attached hydrogens (tertiary/aromatic N) is 3. The van der Waals surface area contributed by atoms with Crippen LogP contribution >= 0.6 is 0 Å². The van der Waals surface area contributed by atoms with Gasteiger partial charge in [-0.2, -0.15) is 0 Å². The number of furan rings is 2. The Kier molecular flexibility index (Phi) is 8.46. The van der Waals surface area contributed by atoms with Crippen molar-refractivity contribution in [3.05, 3.63) is 199 Å². The molecule has 0 saturated heterocycles. The van der Waals surface area contributed by atoms with Crippen molar-refractivity contribution in [2.24, 2.45) is 0 Å². The third kappa shape index (κ3) is 6.03. The van der Waals surface area contributed by atoms with Crippen molar-refractivity contribution >= 4 is 44.6 Å². The lowest BCUT2D eigenvalue weighted by atomic mass is 9.94. The van der Waals surface area contributed by atoms with Crippen molar-refractivity contribution in [2.75, 3.05) is 0 Å². The van der Waals surface area contributed by atoms with Gasteiger partial charge in [-0.05, 0) is 71.1 Å². The van der Waals surface area contributed by atoms with Gasteiger partial charge >= 0.3 is 0 Å². The Bertz CT molecular complexity index is 3250. The highest BCUT2D eigenvalue weighted by molar-refractivity contribution is 6.16. The van der Waals surface area contributed by atoms with Gasteiger partial charge in [0.25, 0.3) is 0 Å². The Morgan fingerprint density at radius 3 is 1.84 bits per heavy atom. The number of allylic oxidation sites excluding steroid dienone is 1. The average Bonchev–Trinajstić information content (AvgIpc) is 3.86. The molecule has 7 aromatic carbocycles. The molecule has 0 N–H and O–H groups in total. The van der Waals surface area contributed by atoms with E-state index in [-0.39, 0.29) is 0 Å². The number of benzene rings is 7. The van der Waals surface area contributed by atoms with Crippen LogP contribution in [-0.2, 0) is 0 Å². The van der Waals surface area contributed by atoms with Gasteiger partial charge in [0.05, 0.1) is 0 Å². The molecule has 0 radical (unpaired) electrons. The van der Waals surface area contributed by atoms with Crippen LogP contribution in [0.1, 0.15) is 12.7 Å². The van der Waals surface area contributed by atoms with Crippen molar-refractivity contribution in [1.82, 2.24) is 15.0 Å². The molecule has 0 saturated carbocycles. The normalized spacial score (nSPS) is 12.4. The number of fused-ring (bicyclic) bond motifs is 4. The summed E-state index contributed by atoms with van der Waals surface area (Å²) in [5, 5.41) is 3.93. The van der Waals surface area contributed by atoms with Crippen LogP contribution in [0.2, 0.25) is 0 Å². The summed E-state index contributed by atoms with van der Waals surface area (Å²) >= 11 is 0. The van der Waals surface area contributed by atoms with Crippen LogP contribution in [-0.4, -0.2) is 15.0 Å². The summed E-state index contributed by atoms with van der Waals surface area (Å²) in [6, 6.07) is 58.0. The Morgan fingerprint density at radius 2 is 1.11 bits per heavy atom. The molecular weight excluding hydrogens is 699 g/mol. The van der Waals surface area contributed by atoms with Crippen LogP contribution in [0.4, 0.5) is 0 Å². The molecule has 5 heteroatoms. The molecule has 5 nitrogen and oxygen atoms in total. The van der Waals surface area contributed by atoms with Gasteiger partial charge in [0.15, 0.2) is 17.5 Å². The lowest BCUT2D eigenvalue weighted by Crippen LogP contribution is -2.24. The Hall–Kier alpha value is -7.63. The van der Waals surface area contributed by atoms with Crippen molar-refractivity contribution in [3.8, 4) is 56.2 Å². The predicted octanol–water partition coefficient (Wildman–Crippen LogP) is 12.0. The number of aromatic nitrogens is 3. The molecule has 0 aliphatic heterocycles. The maximum Gasteiger partial charge on any atom is 0.164 e. The summed E-state index contributed by atoms with van der Waals surface area (Å²) in [7, 11) is 0. The molecule has 0 amide bonds. The topological polar surface area (TPSA) is 65.0 Å². The molecule has 57 heavy (non-hydrogen) atoms. The van der Waals surface area contributed by atoms with Crippen molar-refractivity contribution < 1.29 is 8.83 Å². The quantitative estimate of drug-likeness (QED) is 0.163. The Balaban J connectivity index is 1.21. The van der Waals surface area contributed by atoms with Gasteiger partial charge in [-0.3, -0.25) is 0 Å². The van der Waals surface area contributed by atoms with E-state index in [2.05, 4.69) is 91.5 Å². The molecule has 10 rings (SSSR count). The molecule has 0 atom stereocenters. The summed E-state index contributed by atoms with van der Waals surface area (Å²) in [6.45, 7) is 6.30. The van der Waals surface area contributed by atoms with E-state index in [9.17, 15) is 0 Å². The average molecular weight is 734 g/mol. The molecule has 0 aliphatic rings. The maximum absolute atomic E-state index is 6.61. The van der Waals surface area contributed by atoms with Gasteiger partial charge in [-0.1, -0.05) is 152 Å². The van der Waals surface area contributed by atoms with E-state index in [4.69, 9.17) is 23.8 Å². The minimum Gasteiger partial charge on any atom is -0.456 e. The summed E-state index contributed by atoms with van der Waals surface area (Å²) in [4.78, 5) is 15.3. The fourth-order valence-corrected chi connectivity index (χ4v) is 7.79. The number of hydrogen-bond donors (Lipinski definition) is 0. The largest absolute Gasteiger partial charge is 0.456 e. The molecule has 0 bridgehead atoms. The Labute approximate surface area is 329 Å². The van der Waals surface area contributed by atoms with Crippen molar-refractivity contribution in [2.45, 2.75) is 6.92 Å². The van der Waals surface area contributed by atoms with Crippen LogP contribution < -0.4 is 10.6 Å². The number of hydrogen-bond acceptors (Lipinski definition) is 5. The highest BCUT2D eigenvalue weighted by Gasteiger charge is 2.20. The van der Waals surface area contributed by atoms with Crippen LogP contribution in [0.5, 0.6) is 0 Å². The fraction of sp³-hybridized carbons (Fsp3) is 0.0192. The number of rotatable bonds is 7. The van der Waals surface area contributed by atoms with Gasteiger partial charge in [0, 0.05) is 43.6 Å². The second-order valence-corrected chi connectivity index (χ2v) is 13.9. The second kappa shape index (κ2) is 14.2. The first-order valence-corrected chi connectivity index (χ1v) is 19.0. The first kappa shape index (κ1) is 33.9. The third-order valence-electron chi connectivity index (χ3n) is 10.5. The van der Waals surface area contributed by atoms with E-state index < -0.39 is 0 Å². The highest BCUT2D eigenvalue weighted by Crippen LogP contribution is 2.42.